The van der Waals surface area contributed by atoms with Crippen molar-refractivity contribution in [2.24, 2.45) is 0 Å². The third kappa shape index (κ3) is 2.01. The van der Waals surface area contributed by atoms with Gasteiger partial charge < -0.3 is 5.11 Å². The molecule has 1 aromatic carbocycles. The predicted octanol–water partition coefficient (Wildman–Crippen LogP) is 2.95. The zero-order valence-electron chi connectivity index (χ0n) is 10.4. The van der Waals surface area contributed by atoms with E-state index in [1.807, 2.05) is 13.0 Å². The van der Waals surface area contributed by atoms with Crippen LogP contribution in [-0.2, 0) is 6.42 Å². The van der Waals surface area contributed by atoms with Crippen LogP contribution < -0.4 is 0 Å². The lowest BCUT2D eigenvalue weighted by Crippen LogP contribution is -2.09. The Morgan fingerprint density at radius 2 is 2.00 bits per heavy atom. The van der Waals surface area contributed by atoms with Crippen LogP contribution in [0.1, 0.15) is 41.1 Å². The van der Waals surface area contributed by atoms with E-state index in [4.69, 9.17) is 5.11 Å². The van der Waals surface area contributed by atoms with Crippen molar-refractivity contribution >= 4 is 22.8 Å². The largest absolute Gasteiger partial charge is 0.478 e. The van der Waals surface area contributed by atoms with Gasteiger partial charge in [0, 0.05) is 18.0 Å². The summed E-state index contributed by atoms with van der Waals surface area (Å²) in [5.41, 5.74) is 1.81. The molecule has 0 amide bonds. The highest BCUT2D eigenvalue weighted by Crippen LogP contribution is 2.22. The summed E-state index contributed by atoms with van der Waals surface area (Å²) < 4.78 is 1.60. The third-order valence-electron chi connectivity index (χ3n) is 2.95. The smallest absolute Gasteiger partial charge is 0.335 e. The molecule has 0 aliphatic heterocycles. The molecule has 2 rings (SSSR count). The number of aromatic nitrogens is 1. The monoisotopic (exact) mass is 245 g/mol. The molecule has 0 radical (unpaired) electrons. The Labute approximate surface area is 105 Å². The quantitative estimate of drug-likeness (QED) is 0.904. The normalized spacial score (nSPS) is 10.8. The van der Waals surface area contributed by atoms with Gasteiger partial charge in [-0.05, 0) is 24.6 Å². The summed E-state index contributed by atoms with van der Waals surface area (Å²) in [7, 11) is 0. The lowest BCUT2D eigenvalue weighted by Gasteiger charge is -2.05. The minimum absolute atomic E-state index is 0.0870. The summed E-state index contributed by atoms with van der Waals surface area (Å²) >= 11 is 0. The first-order valence-electron chi connectivity index (χ1n) is 5.93. The van der Waals surface area contributed by atoms with Gasteiger partial charge in [-0.25, -0.2) is 4.79 Å². The summed E-state index contributed by atoms with van der Waals surface area (Å²) in [6.45, 7) is 3.54. The van der Waals surface area contributed by atoms with Crippen LogP contribution in [0.5, 0.6) is 0 Å². The van der Waals surface area contributed by atoms with E-state index in [2.05, 4.69) is 0 Å². The molecule has 0 unspecified atom stereocenters. The van der Waals surface area contributed by atoms with Gasteiger partial charge in [0.05, 0.1) is 11.1 Å². The van der Waals surface area contributed by atoms with E-state index in [0.717, 1.165) is 23.9 Å². The molecule has 0 aliphatic carbocycles. The number of aromatic carboxylic acids is 1. The lowest BCUT2D eigenvalue weighted by atomic mass is 10.1. The summed E-state index contributed by atoms with van der Waals surface area (Å²) in [4.78, 5) is 22.7. The van der Waals surface area contributed by atoms with Crippen LogP contribution >= 0.6 is 0 Å². The number of carboxylic acid groups (broad SMARTS) is 1. The van der Waals surface area contributed by atoms with Crippen molar-refractivity contribution in [2.75, 3.05) is 0 Å². The molecular formula is C14H15NO3. The van der Waals surface area contributed by atoms with Gasteiger partial charge in [0.1, 0.15) is 0 Å². The molecule has 0 bridgehead atoms. The topological polar surface area (TPSA) is 59.3 Å². The van der Waals surface area contributed by atoms with Crippen LogP contribution in [0.3, 0.4) is 0 Å². The van der Waals surface area contributed by atoms with Crippen LogP contribution in [-0.4, -0.2) is 21.6 Å². The average Bonchev–Trinajstić information content (AvgIpc) is 2.66. The second-order valence-electron chi connectivity index (χ2n) is 4.32. The summed E-state index contributed by atoms with van der Waals surface area (Å²) in [5, 5.41) is 9.89. The SMILES string of the molecule is CCCc1cc2ccc(C(=O)O)cc2n1C(C)=O. The maximum atomic E-state index is 11.7. The highest BCUT2D eigenvalue weighted by atomic mass is 16.4. The fraction of sp³-hybridized carbons (Fsp3) is 0.286. The number of carbonyl (C=O) groups is 2. The molecule has 0 saturated carbocycles. The van der Waals surface area contributed by atoms with Crippen molar-refractivity contribution in [2.45, 2.75) is 26.7 Å². The van der Waals surface area contributed by atoms with Crippen LogP contribution in [0, 0.1) is 0 Å². The van der Waals surface area contributed by atoms with Crippen LogP contribution in [0.25, 0.3) is 10.9 Å². The molecule has 1 heterocycles. The Morgan fingerprint density at radius 3 is 2.56 bits per heavy atom. The van der Waals surface area contributed by atoms with E-state index in [1.165, 1.54) is 6.92 Å². The van der Waals surface area contributed by atoms with Crippen LogP contribution in [0.15, 0.2) is 24.3 Å². The van der Waals surface area contributed by atoms with Gasteiger partial charge >= 0.3 is 5.97 Å². The molecule has 94 valence electrons. The number of hydrogen-bond donors (Lipinski definition) is 1. The number of benzene rings is 1. The Balaban J connectivity index is 2.71. The minimum Gasteiger partial charge on any atom is -0.478 e. The number of aryl methyl sites for hydroxylation is 1. The Hall–Kier alpha value is -2.10. The molecule has 4 nitrogen and oxygen atoms in total. The Kier molecular flexibility index (Phi) is 3.19. The molecule has 0 fully saturated rings. The molecular weight excluding hydrogens is 230 g/mol. The number of hydrogen-bond acceptors (Lipinski definition) is 2. The fourth-order valence-corrected chi connectivity index (χ4v) is 2.20. The van der Waals surface area contributed by atoms with E-state index < -0.39 is 5.97 Å². The Morgan fingerprint density at radius 1 is 1.28 bits per heavy atom. The van der Waals surface area contributed by atoms with E-state index >= 15 is 0 Å². The van der Waals surface area contributed by atoms with E-state index in [9.17, 15) is 9.59 Å². The average molecular weight is 245 g/mol. The molecule has 0 saturated heterocycles. The number of fused-ring (bicyclic) bond motifs is 1. The van der Waals surface area contributed by atoms with Crippen LogP contribution in [0.4, 0.5) is 0 Å². The molecule has 1 N–H and O–H groups in total. The van der Waals surface area contributed by atoms with Gasteiger partial charge in [-0.15, -0.1) is 0 Å². The molecule has 0 aliphatic rings. The van der Waals surface area contributed by atoms with E-state index in [1.54, 1.807) is 22.8 Å². The highest BCUT2D eigenvalue weighted by molar-refractivity contribution is 5.97. The fourth-order valence-electron chi connectivity index (χ4n) is 2.20. The first-order chi connectivity index (χ1) is 8.54. The summed E-state index contributed by atoms with van der Waals surface area (Å²) in [5.74, 6) is -1.07. The molecule has 2 aromatic rings. The zero-order chi connectivity index (χ0) is 13.3. The van der Waals surface area contributed by atoms with Gasteiger partial charge in [-0.3, -0.25) is 9.36 Å². The van der Waals surface area contributed by atoms with E-state index in [0.29, 0.717) is 5.52 Å². The standard InChI is InChI=1S/C14H15NO3/c1-3-4-12-7-10-5-6-11(14(17)18)8-13(10)15(12)9(2)16/h5-8H,3-4H2,1-2H3,(H,17,18). The van der Waals surface area contributed by atoms with Gasteiger partial charge in [-0.2, -0.15) is 0 Å². The highest BCUT2D eigenvalue weighted by Gasteiger charge is 2.13. The second kappa shape index (κ2) is 4.64. The maximum absolute atomic E-state index is 11.7. The van der Waals surface area contributed by atoms with Gasteiger partial charge in [0.15, 0.2) is 0 Å². The summed E-state index contributed by atoms with van der Waals surface area (Å²) in [6.07, 6.45) is 1.74. The second-order valence-corrected chi connectivity index (χ2v) is 4.32. The molecule has 0 spiro atoms. The van der Waals surface area contributed by atoms with E-state index in [-0.39, 0.29) is 11.5 Å². The number of carbonyl (C=O) groups excluding carboxylic acids is 1. The van der Waals surface area contributed by atoms with Crippen molar-refractivity contribution in [3.63, 3.8) is 0 Å². The van der Waals surface area contributed by atoms with Crippen molar-refractivity contribution < 1.29 is 14.7 Å². The van der Waals surface area contributed by atoms with Gasteiger partial charge in [0.2, 0.25) is 5.91 Å². The number of nitrogens with zero attached hydrogens (tertiary/aromatic N) is 1. The number of carboxylic acids is 1. The van der Waals surface area contributed by atoms with Crippen molar-refractivity contribution in [3.8, 4) is 0 Å². The maximum Gasteiger partial charge on any atom is 0.335 e. The summed E-state index contributed by atoms with van der Waals surface area (Å²) in [6, 6.07) is 6.81. The number of rotatable bonds is 3. The predicted molar refractivity (Wildman–Crippen MR) is 69.2 cm³/mol. The van der Waals surface area contributed by atoms with Crippen molar-refractivity contribution in [3.05, 3.63) is 35.5 Å². The van der Waals surface area contributed by atoms with Gasteiger partial charge in [-0.1, -0.05) is 19.4 Å². The molecule has 18 heavy (non-hydrogen) atoms. The van der Waals surface area contributed by atoms with Gasteiger partial charge in [0.25, 0.3) is 0 Å². The first kappa shape index (κ1) is 12.4. The van der Waals surface area contributed by atoms with Crippen molar-refractivity contribution in [1.29, 1.82) is 0 Å². The minimum atomic E-state index is -0.981. The van der Waals surface area contributed by atoms with Crippen LogP contribution in [0.2, 0.25) is 0 Å². The zero-order valence-corrected chi connectivity index (χ0v) is 10.4. The molecule has 1 aromatic heterocycles. The Bertz CT molecular complexity index is 625. The molecule has 4 heteroatoms. The van der Waals surface area contributed by atoms with Crippen molar-refractivity contribution in [1.82, 2.24) is 4.57 Å². The first-order valence-corrected chi connectivity index (χ1v) is 5.93. The lowest BCUT2D eigenvalue weighted by molar-refractivity contribution is 0.0696. The third-order valence-corrected chi connectivity index (χ3v) is 2.95. The molecule has 0 atom stereocenters.